The number of benzene rings is 1. The van der Waals surface area contributed by atoms with E-state index in [4.69, 9.17) is 11.5 Å². The summed E-state index contributed by atoms with van der Waals surface area (Å²) < 4.78 is 0. The third-order valence-electron chi connectivity index (χ3n) is 2.81. The van der Waals surface area contributed by atoms with Gasteiger partial charge in [-0.25, -0.2) is 9.97 Å². The minimum Gasteiger partial charge on any atom is -0.383 e. The molecule has 6 nitrogen and oxygen atoms in total. The lowest BCUT2D eigenvalue weighted by molar-refractivity contribution is 1.11. The van der Waals surface area contributed by atoms with Crippen LogP contribution in [0, 0.1) is 6.92 Å². The Morgan fingerprint density at radius 1 is 0.895 bits per heavy atom. The molecule has 19 heavy (non-hydrogen) atoms. The van der Waals surface area contributed by atoms with E-state index >= 15 is 0 Å². The Morgan fingerprint density at radius 2 is 1.63 bits per heavy atom. The molecule has 0 fully saturated rings. The highest BCUT2D eigenvalue weighted by Crippen LogP contribution is 2.23. The molecule has 1 aromatic carbocycles. The van der Waals surface area contributed by atoms with E-state index in [1.54, 1.807) is 0 Å². The average Bonchev–Trinajstić information content (AvgIpc) is 2.38. The van der Waals surface area contributed by atoms with Crippen molar-refractivity contribution in [3.05, 3.63) is 36.0 Å². The number of fused-ring (bicyclic) bond motifs is 1. The van der Waals surface area contributed by atoms with Crippen LogP contribution in [-0.2, 0) is 0 Å². The molecule has 0 spiro atoms. The first-order chi connectivity index (χ1) is 9.15. The highest BCUT2D eigenvalue weighted by molar-refractivity contribution is 5.89. The quantitative estimate of drug-likeness (QED) is 0.681. The number of nitrogen functional groups attached to an aromatic ring is 2. The van der Waals surface area contributed by atoms with Crippen LogP contribution in [0.1, 0.15) is 5.69 Å². The number of rotatable bonds is 1. The summed E-state index contributed by atoms with van der Waals surface area (Å²) in [6.45, 7) is 1.85. The number of nitrogens with two attached hydrogens (primary N) is 2. The normalized spacial score (nSPS) is 10.8. The summed E-state index contributed by atoms with van der Waals surface area (Å²) in [5, 5.41) is 0.647. The fourth-order valence-electron chi connectivity index (χ4n) is 1.97. The van der Waals surface area contributed by atoms with Crippen LogP contribution in [-0.4, -0.2) is 19.9 Å². The monoisotopic (exact) mass is 252 g/mol. The Bertz CT molecular complexity index is 754. The Kier molecular flexibility index (Phi) is 2.49. The zero-order valence-electron chi connectivity index (χ0n) is 10.3. The standard InChI is InChI=1S/C13H12N6/c1-7-9-10(14)17-13(15)19-12(9)18-11(16-7)8-5-3-2-4-6-8/h2-6H,1H3,(H4,14,15,16,17,18,19). The molecule has 0 saturated heterocycles. The minimum atomic E-state index is 0.113. The minimum absolute atomic E-state index is 0.113. The Labute approximate surface area is 109 Å². The van der Waals surface area contributed by atoms with Crippen LogP contribution in [0.5, 0.6) is 0 Å². The predicted octanol–water partition coefficient (Wildman–Crippen LogP) is 1.56. The second kappa shape index (κ2) is 4.16. The van der Waals surface area contributed by atoms with E-state index in [2.05, 4.69) is 19.9 Å². The number of aryl methyl sites for hydroxylation is 1. The van der Waals surface area contributed by atoms with Crippen molar-refractivity contribution in [3.63, 3.8) is 0 Å². The van der Waals surface area contributed by atoms with E-state index in [1.165, 1.54) is 0 Å². The van der Waals surface area contributed by atoms with E-state index in [0.717, 1.165) is 11.3 Å². The van der Waals surface area contributed by atoms with Crippen molar-refractivity contribution in [2.45, 2.75) is 6.92 Å². The van der Waals surface area contributed by atoms with E-state index in [1.807, 2.05) is 37.3 Å². The molecule has 0 aliphatic carbocycles. The molecule has 3 aromatic rings. The lowest BCUT2D eigenvalue weighted by atomic mass is 10.2. The van der Waals surface area contributed by atoms with Crippen molar-refractivity contribution in [1.29, 1.82) is 0 Å². The van der Waals surface area contributed by atoms with Crippen LogP contribution in [0.4, 0.5) is 11.8 Å². The van der Waals surface area contributed by atoms with Gasteiger partial charge in [0.25, 0.3) is 0 Å². The summed E-state index contributed by atoms with van der Waals surface area (Å²) in [6, 6.07) is 9.68. The largest absolute Gasteiger partial charge is 0.383 e. The fourth-order valence-corrected chi connectivity index (χ4v) is 1.97. The topological polar surface area (TPSA) is 104 Å². The van der Waals surface area contributed by atoms with Gasteiger partial charge in [0, 0.05) is 5.56 Å². The first kappa shape index (κ1) is 11.3. The summed E-state index contributed by atoms with van der Waals surface area (Å²) in [4.78, 5) is 16.9. The van der Waals surface area contributed by atoms with E-state index < -0.39 is 0 Å². The van der Waals surface area contributed by atoms with Gasteiger partial charge < -0.3 is 11.5 Å². The molecule has 3 rings (SSSR count). The Morgan fingerprint density at radius 3 is 2.37 bits per heavy atom. The van der Waals surface area contributed by atoms with Gasteiger partial charge in [-0.2, -0.15) is 9.97 Å². The lowest BCUT2D eigenvalue weighted by Gasteiger charge is -2.07. The molecular formula is C13H12N6. The summed E-state index contributed by atoms with van der Waals surface area (Å²) in [5.41, 5.74) is 13.6. The molecule has 0 atom stereocenters. The van der Waals surface area contributed by atoms with E-state index in [-0.39, 0.29) is 5.95 Å². The van der Waals surface area contributed by atoms with Gasteiger partial charge in [0.05, 0.1) is 11.1 Å². The SMILES string of the molecule is Cc1nc(-c2ccccc2)nc2nc(N)nc(N)c12. The third kappa shape index (κ3) is 1.93. The van der Waals surface area contributed by atoms with E-state index in [0.29, 0.717) is 22.7 Å². The van der Waals surface area contributed by atoms with Gasteiger partial charge in [0.1, 0.15) is 5.82 Å². The zero-order chi connectivity index (χ0) is 13.4. The van der Waals surface area contributed by atoms with Gasteiger partial charge in [0.2, 0.25) is 5.95 Å². The molecule has 0 unspecified atom stereocenters. The van der Waals surface area contributed by atoms with Crippen LogP contribution >= 0.6 is 0 Å². The van der Waals surface area contributed by atoms with Crippen molar-refractivity contribution in [2.24, 2.45) is 0 Å². The third-order valence-corrected chi connectivity index (χ3v) is 2.81. The smallest absolute Gasteiger partial charge is 0.224 e. The fraction of sp³-hybridized carbons (Fsp3) is 0.0769. The zero-order valence-corrected chi connectivity index (χ0v) is 10.3. The van der Waals surface area contributed by atoms with Gasteiger partial charge in [-0.05, 0) is 6.92 Å². The van der Waals surface area contributed by atoms with Crippen LogP contribution in [0.3, 0.4) is 0 Å². The number of aromatic nitrogens is 4. The molecule has 2 aromatic heterocycles. The average molecular weight is 252 g/mol. The van der Waals surface area contributed by atoms with Crippen molar-refractivity contribution < 1.29 is 0 Å². The molecule has 0 aliphatic heterocycles. The summed E-state index contributed by atoms with van der Waals surface area (Å²) in [6.07, 6.45) is 0. The van der Waals surface area contributed by atoms with Crippen LogP contribution < -0.4 is 11.5 Å². The molecule has 6 heteroatoms. The highest BCUT2D eigenvalue weighted by Gasteiger charge is 2.11. The molecular weight excluding hydrogens is 240 g/mol. The van der Waals surface area contributed by atoms with Crippen LogP contribution in [0.2, 0.25) is 0 Å². The van der Waals surface area contributed by atoms with E-state index in [9.17, 15) is 0 Å². The summed E-state index contributed by atoms with van der Waals surface area (Å²) in [5.74, 6) is 1.02. The van der Waals surface area contributed by atoms with Crippen LogP contribution in [0.25, 0.3) is 22.4 Å². The molecule has 94 valence electrons. The number of hydrogen-bond acceptors (Lipinski definition) is 6. The lowest BCUT2D eigenvalue weighted by Crippen LogP contribution is -2.05. The number of anilines is 2. The maximum atomic E-state index is 5.84. The Balaban J connectivity index is 2.31. The first-order valence-electron chi connectivity index (χ1n) is 5.78. The summed E-state index contributed by atoms with van der Waals surface area (Å²) in [7, 11) is 0. The number of hydrogen-bond donors (Lipinski definition) is 2. The Hall–Kier alpha value is -2.76. The van der Waals surface area contributed by atoms with Crippen molar-refractivity contribution in [3.8, 4) is 11.4 Å². The molecule has 2 heterocycles. The van der Waals surface area contributed by atoms with Crippen molar-refractivity contribution in [1.82, 2.24) is 19.9 Å². The van der Waals surface area contributed by atoms with Crippen molar-refractivity contribution >= 4 is 22.8 Å². The maximum Gasteiger partial charge on any atom is 0.224 e. The first-order valence-corrected chi connectivity index (χ1v) is 5.78. The van der Waals surface area contributed by atoms with Gasteiger partial charge >= 0.3 is 0 Å². The van der Waals surface area contributed by atoms with Gasteiger partial charge in [-0.1, -0.05) is 30.3 Å². The molecule has 0 saturated carbocycles. The maximum absolute atomic E-state index is 5.84. The van der Waals surface area contributed by atoms with Gasteiger partial charge in [-0.3, -0.25) is 0 Å². The van der Waals surface area contributed by atoms with Crippen LogP contribution in [0.15, 0.2) is 30.3 Å². The van der Waals surface area contributed by atoms with Gasteiger partial charge in [-0.15, -0.1) is 0 Å². The molecule has 0 aliphatic rings. The van der Waals surface area contributed by atoms with Gasteiger partial charge in [0.15, 0.2) is 11.5 Å². The number of nitrogens with zero attached hydrogens (tertiary/aromatic N) is 4. The van der Waals surface area contributed by atoms with Crippen molar-refractivity contribution in [2.75, 3.05) is 11.5 Å². The predicted molar refractivity (Wildman–Crippen MR) is 74.1 cm³/mol. The molecule has 0 amide bonds. The second-order valence-corrected chi connectivity index (χ2v) is 4.16. The summed E-state index contributed by atoms with van der Waals surface area (Å²) >= 11 is 0. The second-order valence-electron chi connectivity index (χ2n) is 4.16. The molecule has 4 N–H and O–H groups in total. The molecule has 0 bridgehead atoms. The highest BCUT2D eigenvalue weighted by atomic mass is 15.1. The molecule has 0 radical (unpaired) electrons.